The molecule has 0 aliphatic carbocycles. The Hall–Kier alpha value is -3.71. The lowest BCUT2D eigenvalue weighted by molar-refractivity contribution is 0.248. The molecule has 4 aromatic rings. The van der Waals surface area contributed by atoms with Gasteiger partial charge in [0.1, 0.15) is 18.1 Å². The monoisotopic (exact) mass is 406 g/mol. The fraction of sp³-hybridized carbons (Fsp3) is 0.174. The summed E-state index contributed by atoms with van der Waals surface area (Å²) in [5.41, 5.74) is 2.92. The first kappa shape index (κ1) is 19.6. The molecule has 154 valence electrons. The van der Waals surface area contributed by atoms with Gasteiger partial charge in [0.05, 0.1) is 19.7 Å². The molecule has 4 rings (SSSR count). The van der Waals surface area contributed by atoms with Gasteiger partial charge in [-0.1, -0.05) is 0 Å². The summed E-state index contributed by atoms with van der Waals surface area (Å²) in [7, 11) is 3.14. The molecule has 0 saturated heterocycles. The van der Waals surface area contributed by atoms with Crippen molar-refractivity contribution in [2.45, 2.75) is 13.2 Å². The maximum atomic E-state index is 12.5. The average molecular weight is 406 g/mol. The topological polar surface area (TPSA) is 96.7 Å². The molecule has 2 aromatic heterocycles. The number of nitrogens with one attached hydrogen (secondary N) is 2. The highest BCUT2D eigenvalue weighted by Gasteiger charge is 2.10. The van der Waals surface area contributed by atoms with Crippen LogP contribution in [0.15, 0.2) is 63.8 Å². The van der Waals surface area contributed by atoms with E-state index in [1.54, 1.807) is 26.4 Å². The normalized spacial score (nSPS) is 10.9. The highest BCUT2D eigenvalue weighted by atomic mass is 16.5. The third-order valence-electron chi connectivity index (χ3n) is 4.90. The number of aliphatic hydroxyl groups excluding tert-OH is 1. The van der Waals surface area contributed by atoms with Crippen LogP contribution in [0.3, 0.4) is 0 Å². The first-order chi connectivity index (χ1) is 14.6. The summed E-state index contributed by atoms with van der Waals surface area (Å²) in [6.07, 6.45) is 0. The zero-order valence-electron chi connectivity index (χ0n) is 16.7. The van der Waals surface area contributed by atoms with Crippen molar-refractivity contribution < 1.29 is 19.0 Å². The summed E-state index contributed by atoms with van der Waals surface area (Å²) in [4.78, 5) is 15.4. The Morgan fingerprint density at radius 1 is 1.00 bits per heavy atom. The minimum atomic E-state index is -0.161. The van der Waals surface area contributed by atoms with E-state index in [0.29, 0.717) is 40.6 Å². The Morgan fingerprint density at radius 2 is 1.73 bits per heavy atom. The molecular weight excluding hydrogens is 384 g/mol. The third-order valence-corrected chi connectivity index (χ3v) is 4.90. The molecule has 7 nitrogen and oxygen atoms in total. The smallest absolute Gasteiger partial charge is 0.253 e. The van der Waals surface area contributed by atoms with Crippen molar-refractivity contribution in [1.82, 2.24) is 4.98 Å². The predicted octanol–water partition coefficient (Wildman–Crippen LogP) is 3.91. The van der Waals surface area contributed by atoms with Gasteiger partial charge in [-0.2, -0.15) is 0 Å². The Kier molecular flexibility index (Phi) is 5.45. The molecule has 30 heavy (non-hydrogen) atoms. The van der Waals surface area contributed by atoms with Crippen LogP contribution in [-0.4, -0.2) is 24.3 Å². The van der Waals surface area contributed by atoms with Gasteiger partial charge in [0.2, 0.25) is 0 Å². The van der Waals surface area contributed by atoms with E-state index in [1.165, 1.54) is 0 Å². The number of hydrogen-bond acceptors (Lipinski definition) is 6. The van der Waals surface area contributed by atoms with Crippen LogP contribution in [0.5, 0.6) is 11.5 Å². The third kappa shape index (κ3) is 3.88. The molecule has 0 aliphatic heterocycles. The van der Waals surface area contributed by atoms with Gasteiger partial charge >= 0.3 is 0 Å². The second kappa shape index (κ2) is 8.34. The summed E-state index contributed by atoms with van der Waals surface area (Å²) < 4.78 is 16.2. The molecule has 0 spiro atoms. The number of aliphatic hydroxyl groups is 1. The number of H-pyrrole nitrogens is 1. The summed E-state index contributed by atoms with van der Waals surface area (Å²) in [6, 6.07) is 16.7. The van der Waals surface area contributed by atoms with Gasteiger partial charge in [0, 0.05) is 34.8 Å². The number of anilines is 1. The number of pyridine rings is 1. The van der Waals surface area contributed by atoms with Crippen LogP contribution in [0.2, 0.25) is 0 Å². The number of methoxy groups -OCH3 is 2. The second-order valence-electron chi connectivity index (χ2n) is 6.77. The fourth-order valence-electron chi connectivity index (χ4n) is 3.28. The molecule has 3 N–H and O–H groups in total. The lowest BCUT2D eigenvalue weighted by Gasteiger charge is -2.11. The number of fused-ring (bicyclic) bond motifs is 1. The molecule has 7 heteroatoms. The van der Waals surface area contributed by atoms with Crippen LogP contribution < -0.4 is 20.3 Å². The maximum absolute atomic E-state index is 12.5. The first-order valence-electron chi connectivity index (χ1n) is 9.43. The lowest BCUT2D eigenvalue weighted by Crippen LogP contribution is -2.15. The first-order valence-corrected chi connectivity index (χ1v) is 9.43. The van der Waals surface area contributed by atoms with E-state index in [0.717, 1.165) is 16.6 Å². The van der Waals surface area contributed by atoms with E-state index >= 15 is 0 Å². The molecule has 2 heterocycles. The van der Waals surface area contributed by atoms with Crippen molar-refractivity contribution in [1.29, 1.82) is 0 Å². The summed E-state index contributed by atoms with van der Waals surface area (Å²) in [6.45, 7) is 0.243. The minimum Gasteiger partial charge on any atom is -0.493 e. The number of furan rings is 1. The molecule has 0 fully saturated rings. The average Bonchev–Trinajstić information content (AvgIpc) is 3.26. The number of hydrogen-bond donors (Lipinski definition) is 3. The van der Waals surface area contributed by atoms with Crippen LogP contribution in [0.25, 0.3) is 22.2 Å². The van der Waals surface area contributed by atoms with E-state index in [4.69, 9.17) is 19.0 Å². The molecule has 0 radical (unpaired) electrons. The van der Waals surface area contributed by atoms with Gasteiger partial charge in [-0.3, -0.25) is 4.79 Å². The van der Waals surface area contributed by atoms with Crippen molar-refractivity contribution in [2.75, 3.05) is 19.5 Å². The van der Waals surface area contributed by atoms with Crippen LogP contribution in [0.1, 0.15) is 11.3 Å². The zero-order chi connectivity index (χ0) is 21.1. The number of rotatable bonds is 7. The highest BCUT2D eigenvalue weighted by molar-refractivity contribution is 5.83. The predicted molar refractivity (Wildman–Crippen MR) is 115 cm³/mol. The van der Waals surface area contributed by atoms with Gasteiger partial charge in [-0.15, -0.1) is 0 Å². The maximum Gasteiger partial charge on any atom is 0.253 e. The summed E-state index contributed by atoms with van der Waals surface area (Å²) >= 11 is 0. The van der Waals surface area contributed by atoms with Crippen molar-refractivity contribution in [3.63, 3.8) is 0 Å². The molecule has 0 atom stereocenters. The molecule has 0 amide bonds. The number of benzene rings is 2. The van der Waals surface area contributed by atoms with E-state index in [9.17, 15) is 4.79 Å². The van der Waals surface area contributed by atoms with E-state index < -0.39 is 0 Å². The molecule has 0 unspecified atom stereocenters. The lowest BCUT2D eigenvalue weighted by atomic mass is 10.1. The molecule has 2 aromatic carbocycles. The Bertz CT molecular complexity index is 1220. The van der Waals surface area contributed by atoms with Gasteiger partial charge < -0.3 is 29.3 Å². The Morgan fingerprint density at radius 3 is 2.40 bits per heavy atom. The van der Waals surface area contributed by atoms with E-state index in [2.05, 4.69) is 10.3 Å². The Balaban J connectivity index is 1.52. The fourth-order valence-corrected chi connectivity index (χ4v) is 3.28. The van der Waals surface area contributed by atoms with Crippen molar-refractivity contribution in [3.8, 4) is 22.8 Å². The van der Waals surface area contributed by atoms with Crippen molar-refractivity contribution >= 4 is 16.6 Å². The molecule has 0 bridgehead atoms. The van der Waals surface area contributed by atoms with Gasteiger partial charge in [0.15, 0.2) is 11.5 Å². The van der Waals surface area contributed by atoms with Crippen LogP contribution in [0, 0.1) is 0 Å². The summed E-state index contributed by atoms with van der Waals surface area (Å²) in [5, 5.41) is 13.2. The van der Waals surface area contributed by atoms with Crippen LogP contribution in [0.4, 0.5) is 5.69 Å². The van der Waals surface area contributed by atoms with Gasteiger partial charge in [-0.05, 0) is 48.5 Å². The summed E-state index contributed by atoms with van der Waals surface area (Å²) in [5.74, 6) is 2.39. The molecular formula is C23H22N2O5. The second-order valence-corrected chi connectivity index (χ2v) is 6.77. The number of aromatic nitrogens is 1. The SMILES string of the molecule is COc1cc2cc(CNc3ccc(-c4ccc(CO)o4)cc3)c(=O)[nH]c2cc1OC. The van der Waals surface area contributed by atoms with Crippen LogP contribution in [-0.2, 0) is 13.2 Å². The van der Waals surface area contributed by atoms with Crippen molar-refractivity contribution in [3.05, 3.63) is 76.3 Å². The van der Waals surface area contributed by atoms with Crippen LogP contribution >= 0.6 is 0 Å². The van der Waals surface area contributed by atoms with Crippen molar-refractivity contribution in [2.24, 2.45) is 0 Å². The van der Waals surface area contributed by atoms with E-state index in [-0.39, 0.29) is 12.2 Å². The molecule has 0 aliphatic rings. The number of ether oxygens (including phenoxy) is 2. The Labute approximate surface area is 172 Å². The van der Waals surface area contributed by atoms with Gasteiger partial charge in [-0.25, -0.2) is 0 Å². The highest BCUT2D eigenvalue weighted by Crippen LogP contribution is 2.31. The minimum absolute atomic E-state index is 0.126. The zero-order valence-corrected chi connectivity index (χ0v) is 16.7. The quantitative estimate of drug-likeness (QED) is 0.431. The van der Waals surface area contributed by atoms with Gasteiger partial charge in [0.25, 0.3) is 5.56 Å². The largest absolute Gasteiger partial charge is 0.493 e. The standard InChI is InChI=1S/C23H22N2O5/c1-28-21-10-15-9-16(23(27)25-19(15)11-22(21)29-2)12-24-17-5-3-14(4-6-17)20-8-7-18(13-26)30-20/h3-11,24,26H,12-13H2,1-2H3,(H,25,27). The molecule has 0 saturated carbocycles. The van der Waals surface area contributed by atoms with E-state index in [1.807, 2.05) is 42.5 Å². The number of aromatic amines is 1.